The van der Waals surface area contributed by atoms with Crippen LogP contribution in [0.15, 0.2) is 30.6 Å². The van der Waals surface area contributed by atoms with Crippen molar-refractivity contribution in [3.05, 3.63) is 41.9 Å². The van der Waals surface area contributed by atoms with E-state index in [0.717, 1.165) is 11.3 Å². The van der Waals surface area contributed by atoms with Crippen molar-refractivity contribution in [2.75, 3.05) is 17.2 Å². The minimum absolute atomic E-state index is 0.00539. The number of fused-ring (bicyclic) bond motifs is 1. The molecule has 8 nitrogen and oxygen atoms in total. The number of ether oxygens (including phenoxy) is 1. The maximum Gasteiger partial charge on any atom is 0.227 e. The lowest BCUT2D eigenvalue weighted by Gasteiger charge is -2.30. The maximum atomic E-state index is 12.3. The normalized spacial score (nSPS) is 14.8. The molecule has 1 amide bonds. The molecule has 1 aromatic heterocycles. The Kier molecular flexibility index (Phi) is 5.92. The first-order valence-corrected chi connectivity index (χ1v) is 9.54. The molecule has 3 N–H and O–H groups in total. The molecule has 1 aliphatic heterocycles. The molecule has 0 bridgehead atoms. The van der Waals surface area contributed by atoms with E-state index in [1.807, 2.05) is 18.2 Å². The molecule has 2 aromatic rings. The summed E-state index contributed by atoms with van der Waals surface area (Å²) in [5, 5.41) is 0. The summed E-state index contributed by atoms with van der Waals surface area (Å²) in [5.41, 5.74) is 7.96. The Labute approximate surface area is 153 Å². The fraction of sp³-hybridized carbons (Fsp3) is 0.353. The summed E-state index contributed by atoms with van der Waals surface area (Å²) in [7, 11) is 0. The molecule has 1 aromatic carbocycles. The monoisotopic (exact) mass is 376 g/mol. The van der Waals surface area contributed by atoms with Gasteiger partial charge < -0.3 is 19.9 Å². The smallest absolute Gasteiger partial charge is 0.227 e. The summed E-state index contributed by atoms with van der Waals surface area (Å²) in [6, 6.07) is 7.19. The van der Waals surface area contributed by atoms with Gasteiger partial charge in [-0.3, -0.25) is 4.79 Å². The van der Waals surface area contributed by atoms with Crippen LogP contribution in [0, 0.1) is 0 Å². The molecule has 0 aliphatic carbocycles. The van der Waals surface area contributed by atoms with Crippen LogP contribution >= 0.6 is 0 Å². The van der Waals surface area contributed by atoms with Gasteiger partial charge in [0.1, 0.15) is 12.1 Å². The predicted molar refractivity (Wildman–Crippen MR) is 97.4 cm³/mol. The lowest BCUT2D eigenvalue weighted by molar-refractivity contribution is -0.118. The van der Waals surface area contributed by atoms with Crippen LogP contribution in [-0.2, 0) is 28.8 Å². The van der Waals surface area contributed by atoms with Crippen LogP contribution in [0.1, 0.15) is 24.1 Å². The summed E-state index contributed by atoms with van der Waals surface area (Å²) < 4.78 is 25.7. The van der Waals surface area contributed by atoms with Crippen molar-refractivity contribution in [3.63, 3.8) is 0 Å². The lowest BCUT2D eigenvalue weighted by atomic mass is 10.00. The molecule has 3 rings (SSSR count). The van der Waals surface area contributed by atoms with Crippen molar-refractivity contribution in [2.45, 2.75) is 25.8 Å². The topological polar surface area (TPSA) is 119 Å². The summed E-state index contributed by atoms with van der Waals surface area (Å²) in [5.74, 6) is 1.17. The first kappa shape index (κ1) is 18.4. The molecule has 0 saturated heterocycles. The first-order valence-electron chi connectivity index (χ1n) is 8.27. The summed E-state index contributed by atoms with van der Waals surface area (Å²) in [6.45, 7) is 0.687. The largest absolute Gasteiger partial charge is 0.439 e. The van der Waals surface area contributed by atoms with Crippen molar-refractivity contribution < 1.29 is 18.3 Å². The van der Waals surface area contributed by atoms with Crippen molar-refractivity contribution in [2.24, 2.45) is 5.73 Å². The van der Waals surface area contributed by atoms with Crippen LogP contribution in [0.2, 0.25) is 0 Å². The maximum absolute atomic E-state index is 12.3. The van der Waals surface area contributed by atoms with E-state index in [0.29, 0.717) is 49.7 Å². The Bertz CT molecular complexity index is 830. The molecule has 0 saturated carbocycles. The number of nitrogens with two attached hydrogens (primary N) is 1. The van der Waals surface area contributed by atoms with Gasteiger partial charge in [0.15, 0.2) is 11.1 Å². The number of hydrogen-bond donors (Lipinski definition) is 2. The number of anilines is 1. The second-order valence-electron chi connectivity index (χ2n) is 5.83. The molecule has 0 radical (unpaired) electrons. The van der Waals surface area contributed by atoms with E-state index >= 15 is 0 Å². The predicted octanol–water partition coefficient (Wildman–Crippen LogP) is 1.62. The molecular weight excluding hydrogens is 356 g/mol. The van der Waals surface area contributed by atoms with Gasteiger partial charge in [0.05, 0.1) is 17.1 Å². The number of hydrogen-bond acceptors (Lipinski definition) is 6. The fourth-order valence-electron chi connectivity index (χ4n) is 2.90. The quantitative estimate of drug-likeness (QED) is 0.705. The highest BCUT2D eigenvalue weighted by atomic mass is 32.2. The number of rotatable bonds is 7. The molecule has 1 atom stereocenters. The van der Waals surface area contributed by atoms with Gasteiger partial charge in [0.2, 0.25) is 11.8 Å². The first-order chi connectivity index (χ1) is 12.6. The zero-order valence-electron chi connectivity index (χ0n) is 14.1. The highest BCUT2D eigenvalue weighted by Crippen LogP contribution is 2.36. The zero-order chi connectivity index (χ0) is 18.5. The van der Waals surface area contributed by atoms with Crippen LogP contribution in [-0.4, -0.2) is 36.9 Å². The van der Waals surface area contributed by atoms with E-state index in [1.54, 1.807) is 11.0 Å². The van der Waals surface area contributed by atoms with E-state index in [9.17, 15) is 9.00 Å². The molecule has 1 aliphatic rings. The van der Waals surface area contributed by atoms with E-state index in [2.05, 4.69) is 9.97 Å². The van der Waals surface area contributed by atoms with Gasteiger partial charge in [-0.2, -0.15) is 0 Å². The van der Waals surface area contributed by atoms with Crippen LogP contribution in [0.4, 0.5) is 5.69 Å². The molecule has 9 heteroatoms. The molecule has 138 valence electrons. The van der Waals surface area contributed by atoms with Crippen LogP contribution in [0.3, 0.4) is 0 Å². The molecule has 0 fully saturated rings. The third-order valence-corrected chi connectivity index (χ3v) is 4.75. The fourth-order valence-corrected chi connectivity index (χ4v) is 3.28. The minimum Gasteiger partial charge on any atom is -0.439 e. The van der Waals surface area contributed by atoms with Gasteiger partial charge in [-0.05, 0) is 25.0 Å². The number of carbonyl (C=O) groups excluding carboxylic acids is 1. The highest BCUT2D eigenvalue weighted by Gasteiger charge is 2.26. The van der Waals surface area contributed by atoms with Crippen LogP contribution < -0.4 is 15.4 Å². The van der Waals surface area contributed by atoms with Gasteiger partial charge in [-0.25, -0.2) is 14.2 Å². The van der Waals surface area contributed by atoms with Gasteiger partial charge in [0, 0.05) is 31.1 Å². The van der Waals surface area contributed by atoms with E-state index < -0.39 is 11.1 Å². The van der Waals surface area contributed by atoms with E-state index in [1.165, 1.54) is 6.33 Å². The Hall–Kier alpha value is -2.36. The Morgan fingerprint density at radius 2 is 2.15 bits per heavy atom. The molecular formula is C17H20N4O4S. The Balaban J connectivity index is 1.84. The summed E-state index contributed by atoms with van der Waals surface area (Å²) in [4.78, 5) is 22.1. The van der Waals surface area contributed by atoms with E-state index in [-0.39, 0.29) is 11.7 Å². The van der Waals surface area contributed by atoms with Crippen molar-refractivity contribution >= 4 is 22.7 Å². The van der Waals surface area contributed by atoms with Gasteiger partial charge >= 0.3 is 0 Å². The highest BCUT2D eigenvalue weighted by molar-refractivity contribution is 7.79. The van der Waals surface area contributed by atoms with Crippen molar-refractivity contribution in [1.29, 1.82) is 0 Å². The number of carbonyl (C=O) groups is 1. The van der Waals surface area contributed by atoms with Crippen LogP contribution in [0.25, 0.3) is 0 Å². The second-order valence-corrected chi connectivity index (χ2v) is 6.88. The lowest BCUT2D eigenvalue weighted by Crippen LogP contribution is -2.36. The van der Waals surface area contributed by atoms with Crippen molar-refractivity contribution in [1.82, 2.24) is 9.97 Å². The molecule has 2 heterocycles. The standard InChI is InChI=1S/C17H20N4O4S/c18-10-12-9-16(20-11-19-12)25-15-4-1-3-14-13(15)5-6-17(22)21(14)7-2-8-26(23)24/h1,3-4,9,11H,2,5-8,10,18H2,(H,23,24). The van der Waals surface area contributed by atoms with Gasteiger partial charge in [-0.1, -0.05) is 6.07 Å². The number of aromatic nitrogens is 2. The number of amides is 1. The van der Waals surface area contributed by atoms with Crippen molar-refractivity contribution in [3.8, 4) is 11.6 Å². The molecule has 26 heavy (non-hydrogen) atoms. The third-order valence-electron chi connectivity index (χ3n) is 4.11. The minimum atomic E-state index is -1.86. The Morgan fingerprint density at radius 1 is 1.31 bits per heavy atom. The van der Waals surface area contributed by atoms with Gasteiger partial charge in [-0.15, -0.1) is 0 Å². The Morgan fingerprint density at radius 3 is 2.92 bits per heavy atom. The summed E-state index contributed by atoms with van der Waals surface area (Å²) >= 11 is -1.86. The molecule has 0 spiro atoms. The van der Waals surface area contributed by atoms with E-state index in [4.69, 9.17) is 15.0 Å². The number of nitrogens with zero attached hydrogens (tertiary/aromatic N) is 3. The average Bonchev–Trinajstić information content (AvgIpc) is 2.63. The summed E-state index contributed by atoms with van der Waals surface area (Å²) in [6.07, 6.45) is 2.79. The second kappa shape index (κ2) is 8.35. The SMILES string of the molecule is NCc1cc(Oc2cccc3c2CCC(=O)N3CCCS(=O)O)ncn1. The van der Waals surface area contributed by atoms with Crippen LogP contribution in [0.5, 0.6) is 11.6 Å². The number of benzene rings is 1. The third kappa shape index (κ3) is 4.24. The van der Waals surface area contributed by atoms with Gasteiger partial charge in [0.25, 0.3) is 0 Å². The molecule has 1 unspecified atom stereocenters. The zero-order valence-corrected chi connectivity index (χ0v) is 14.9. The average molecular weight is 376 g/mol.